The lowest BCUT2D eigenvalue weighted by Crippen LogP contribution is -2.42. The Labute approximate surface area is 169 Å². The molecule has 7 heteroatoms. The monoisotopic (exact) mass is 397 g/mol. The molecular formula is C22H24FN3O3. The third kappa shape index (κ3) is 3.52. The van der Waals surface area contributed by atoms with Gasteiger partial charge in [0.05, 0.1) is 24.3 Å². The smallest absolute Gasteiger partial charge is 0.340 e. The van der Waals surface area contributed by atoms with E-state index in [0.717, 1.165) is 5.56 Å². The number of halogens is 1. The third-order valence-electron chi connectivity index (χ3n) is 5.22. The number of phenols is 1. The van der Waals surface area contributed by atoms with Gasteiger partial charge in [-0.25, -0.2) is 14.2 Å². The van der Waals surface area contributed by atoms with Crippen LogP contribution < -0.4 is 4.74 Å². The van der Waals surface area contributed by atoms with Crippen molar-refractivity contribution in [1.29, 1.82) is 0 Å². The number of hydrogen-bond acceptors (Lipinski definition) is 4. The van der Waals surface area contributed by atoms with Crippen LogP contribution in [0.15, 0.2) is 47.6 Å². The molecule has 29 heavy (non-hydrogen) atoms. The zero-order valence-electron chi connectivity index (χ0n) is 16.7. The van der Waals surface area contributed by atoms with E-state index in [2.05, 4.69) is 5.10 Å². The first-order valence-corrected chi connectivity index (χ1v) is 9.69. The number of urea groups is 1. The van der Waals surface area contributed by atoms with E-state index in [4.69, 9.17) is 4.74 Å². The maximum atomic E-state index is 13.9. The minimum absolute atomic E-state index is 0.113. The Morgan fingerprint density at radius 1 is 1.34 bits per heavy atom. The van der Waals surface area contributed by atoms with Gasteiger partial charge in [0.1, 0.15) is 17.3 Å². The van der Waals surface area contributed by atoms with Crippen LogP contribution in [-0.2, 0) is 0 Å². The molecule has 2 amide bonds. The Hall–Kier alpha value is -3.09. The van der Waals surface area contributed by atoms with E-state index in [1.54, 1.807) is 36.2 Å². The van der Waals surface area contributed by atoms with Crippen LogP contribution in [0, 0.1) is 17.7 Å². The minimum atomic E-state index is -0.448. The van der Waals surface area contributed by atoms with Crippen molar-refractivity contribution in [3.63, 3.8) is 0 Å². The molecule has 0 bridgehead atoms. The molecule has 2 aromatic carbocycles. The van der Waals surface area contributed by atoms with Crippen molar-refractivity contribution in [1.82, 2.24) is 9.91 Å². The van der Waals surface area contributed by atoms with Gasteiger partial charge in [0.15, 0.2) is 0 Å². The number of fused-ring (bicyclic) bond motifs is 3. The molecule has 6 nitrogen and oxygen atoms in total. The topological polar surface area (TPSA) is 65.4 Å². The van der Waals surface area contributed by atoms with Crippen LogP contribution in [0.25, 0.3) is 0 Å². The van der Waals surface area contributed by atoms with Crippen molar-refractivity contribution < 1.29 is 19.0 Å². The highest BCUT2D eigenvalue weighted by Crippen LogP contribution is 2.43. The van der Waals surface area contributed by atoms with E-state index in [1.165, 1.54) is 17.1 Å². The highest BCUT2D eigenvalue weighted by Gasteiger charge is 2.46. The van der Waals surface area contributed by atoms with Crippen LogP contribution in [0.3, 0.4) is 0 Å². The summed E-state index contributed by atoms with van der Waals surface area (Å²) in [4.78, 5) is 14.9. The van der Waals surface area contributed by atoms with Crippen molar-refractivity contribution in [2.24, 2.45) is 16.9 Å². The number of phenolic OH excluding ortho intramolecular Hbond substituents is 1. The van der Waals surface area contributed by atoms with E-state index in [9.17, 15) is 14.3 Å². The number of carbonyl (C=O) groups excluding carboxylic acids is 1. The highest BCUT2D eigenvalue weighted by molar-refractivity contribution is 6.07. The molecule has 4 rings (SSSR count). The Kier molecular flexibility index (Phi) is 4.90. The minimum Gasteiger partial charge on any atom is -0.508 e. The molecule has 1 N–H and O–H groups in total. The summed E-state index contributed by atoms with van der Waals surface area (Å²) in [6.45, 7) is 4.98. The van der Waals surface area contributed by atoms with E-state index in [-0.39, 0.29) is 23.5 Å². The SMILES string of the molecule is CC(C)CN(C)C(=O)N1N=C2c3cc(F)ccc3OCC2C1c1cccc(O)c1. The van der Waals surface area contributed by atoms with E-state index < -0.39 is 6.04 Å². The van der Waals surface area contributed by atoms with Gasteiger partial charge in [-0.2, -0.15) is 5.10 Å². The maximum Gasteiger partial charge on any atom is 0.340 e. The Morgan fingerprint density at radius 2 is 2.14 bits per heavy atom. The van der Waals surface area contributed by atoms with Gasteiger partial charge in [-0.3, -0.25) is 0 Å². The first-order chi connectivity index (χ1) is 13.8. The Bertz CT molecular complexity index is 976. The standard InChI is InChI=1S/C22H24FN3O3/c1-13(2)11-25(3)22(28)26-21(14-5-4-6-16(27)9-14)18-12-29-19-8-7-15(23)10-17(19)20(18)24-26/h4-10,13,18,21,27H,11-12H2,1-3H3. The van der Waals surface area contributed by atoms with Gasteiger partial charge in [-0.05, 0) is 41.8 Å². The molecule has 2 aliphatic heterocycles. The summed E-state index contributed by atoms with van der Waals surface area (Å²) in [7, 11) is 1.74. The number of ether oxygens (including phenoxy) is 1. The number of amides is 2. The Balaban J connectivity index is 1.78. The van der Waals surface area contributed by atoms with Crippen LogP contribution in [-0.4, -0.2) is 47.0 Å². The van der Waals surface area contributed by atoms with Gasteiger partial charge in [-0.1, -0.05) is 26.0 Å². The van der Waals surface area contributed by atoms with E-state index in [0.29, 0.717) is 36.1 Å². The fraction of sp³-hybridized carbons (Fsp3) is 0.364. The average molecular weight is 397 g/mol. The van der Waals surface area contributed by atoms with Gasteiger partial charge in [-0.15, -0.1) is 0 Å². The largest absolute Gasteiger partial charge is 0.508 e. The van der Waals surface area contributed by atoms with Crippen molar-refractivity contribution in [3.8, 4) is 11.5 Å². The van der Waals surface area contributed by atoms with Gasteiger partial charge < -0.3 is 14.7 Å². The fourth-order valence-electron chi connectivity index (χ4n) is 4.05. The summed E-state index contributed by atoms with van der Waals surface area (Å²) in [5.74, 6) is 0.329. The second kappa shape index (κ2) is 7.39. The zero-order chi connectivity index (χ0) is 20.7. The van der Waals surface area contributed by atoms with Gasteiger partial charge >= 0.3 is 6.03 Å². The van der Waals surface area contributed by atoms with Crippen LogP contribution in [0.1, 0.15) is 31.0 Å². The van der Waals surface area contributed by atoms with Crippen LogP contribution in [0.2, 0.25) is 0 Å². The lowest BCUT2D eigenvalue weighted by Gasteiger charge is -2.32. The molecule has 2 heterocycles. The van der Waals surface area contributed by atoms with E-state index in [1.807, 2.05) is 19.9 Å². The molecule has 0 aliphatic carbocycles. The normalized spacial score (nSPS) is 20.0. The fourth-order valence-corrected chi connectivity index (χ4v) is 4.05. The van der Waals surface area contributed by atoms with Crippen LogP contribution in [0.4, 0.5) is 9.18 Å². The quantitative estimate of drug-likeness (QED) is 0.851. The summed E-state index contributed by atoms with van der Waals surface area (Å²) < 4.78 is 19.8. The summed E-state index contributed by atoms with van der Waals surface area (Å²) in [6.07, 6.45) is 0. The molecule has 2 aromatic rings. The summed E-state index contributed by atoms with van der Waals surface area (Å²) >= 11 is 0. The molecule has 2 unspecified atom stereocenters. The lowest BCUT2D eigenvalue weighted by molar-refractivity contribution is 0.130. The molecule has 0 saturated heterocycles. The molecular weight excluding hydrogens is 373 g/mol. The van der Waals surface area contributed by atoms with Crippen molar-refractivity contribution in [2.75, 3.05) is 20.2 Å². The number of aromatic hydroxyl groups is 1. The van der Waals surface area contributed by atoms with Crippen LogP contribution >= 0.6 is 0 Å². The van der Waals surface area contributed by atoms with E-state index >= 15 is 0 Å². The first kappa shape index (κ1) is 19.2. The van der Waals surface area contributed by atoms with Crippen molar-refractivity contribution >= 4 is 11.7 Å². The number of carbonyl (C=O) groups is 1. The molecule has 0 aromatic heterocycles. The number of benzene rings is 2. The molecule has 2 aliphatic rings. The lowest BCUT2D eigenvalue weighted by atomic mass is 9.86. The van der Waals surface area contributed by atoms with Crippen LogP contribution in [0.5, 0.6) is 11.5 Å². The van der Waals surface area contributed by atoms with Gasteiger partial charge in [0.25, 0.3) is 0 Å². The average Bonchev–Trinajstić information content (AvgIpc) is 3.06. The highest BCUT2D eigenvalue weighted by atomic mass is 19.1. The number of rotatable bonds is 3. The molecule has 0 fully saturated rings. The zero-order valence-corrected chi connectivity index (χ0v) is 16.7. The van der Waals surface area contributed by atoms with Crippen molar-refractivity contribution in [2.45, 2.75) is 19.9 Å². The summed E-state index contributed by atoms with van der Waals surface area (Å²) in [5, 5.41) is 16.1. The molecule has 0 radical (unpaired) electrons. The van der Waals surface area contributed by atoms with Gasteiger partial charge in [0, 0.05) is 19.2 Å². The predicted molar refractivity (Wildman–Crippen MR) is 107 cm³/mol. The third-order valence-corrected chi connectivity index (χ3v) is 5.22. The second-order valence-corrected chi connectivity index (χ2v) is 7.98. The summed E-state index contributed by atoms with van der Waals surface area (Å²) in [6, 6.07) is 10.4. The first-order valence-electron chi connectivity index (χ1n) is 9.69. The molecule has 152 valence electrons. The molecule has 2 atom stereocenters. The maximum absolute atomic E-state index is 13.9. The summed E-state index contributed by atoms with van der Waals surface area (Å²) in [5.41, 5.74) is 1.95. The number of hydrazone groups is 1. The Morgan fingerprint density at radius 3 is 2.86 bits per heavy atom. The van der Waals surface area contributed by atoms with Crippen molar-refractivity contribution in [3.05, 3.63) is 59.4 Å². The predicted octanol–water partition coefficient (Wildman–Crippen LogP) is 4.01. The molecule has 0 saturated carbocycles. The molecule has 0 spiro atoms. The van der Waals surface area contributed by atoms with Gasteiger partial charge in [0.2, 0.25) is 0 Å². The number of hydrogen-bond donors (Lipinski definition) is 1. The second-order valence-electron chi connectivity index (χ2n) is 7.98. The number of nitrogens with zero attached hydrogens (tertiary/aromatic N) is 3.